The van der Waals surface area contributed by atoms with Crippen molar-refractivity contribution in [1.29, 1.82) is 0 Å². The summed E-state index contributed by atoms with van der Waals surface area (Å²) >= 11 is 0. The van der Waals surface area contributed by atoms with Crippen molar-refractivity contribution in [3.63, 3.8) is 0 Å². The molecule has 0 spiro atoms. The van der Waals surface area contributed by atoms with Crippen LogP contribution in [0.15, 0.2) is 40.0 Å². The highest BCUT2D eigenvalue weighted by Crippen LogP contribution is 2.15. The number of sulfonamides is 1. The average molecular weight is 312 g/mol. The Bertz CT molecular complexity index is 731. The molecule has 0 bridgehead atoms. The molecule has 2 aromatic heterocycles. The molecule has 7 nitrogen and oxygen atoms in total. The lowest BCUT2D eigenvalue weighted by Crippen LogP contribution is -2.33. The van der Waals surface area contributed by atoms with E-state index in [0.717, 1.165) is 6.07 Å². The van der Waals surface area contributed by atoms with Crippen molar-refractivity contribution in [3.8, 4) is 0 Å². The second-order valence-electron chi connectivity index (χ2n) is 4.78. The van der Waals surface area contributed by atoms with Crippen molar-refractivity contribution in [1.82, 2.24) is 9.29 Å². The maximum Gasteiger partial charge on any atom is 0.352 e. The minimum absolute atomic E-state index is 0.0753. The number of furan rings is 1. The van der Waals surface area contributed by atoms with Crippen molar-refractivity contribution in [2.45, 2.75) is 24.3 Å². The fourth-order valence-electron chi connectivity index (χ4n) is 2.00. The minimum Gasteiger partial charge on any atom is -0.477 e. The molecule has 8 heteroatoms. The fourth-order valence-corrected chi connectivity index (χ4v) is 3.31. The van der Waals surface area contributed by atoms with E-state index in [1.165, 1.54) is 24.1 Å². The van der Waals surface area contributed by atoms with E-state index >= 15 is 0 Å². The van der Waals surface area contributed by atoms with Crippen molar-refractivity contribution in [3.05, 3.63) is 42.1 Å². The smallest absolute Gasteiger partial charge is 0.352 e. The summed E-state index contributed by atoms with van der Waals surface area (Å²) in [4.78, 5) is 10.9. The molecule has 2 aromatic rings. The maximum absolute atomic E-state index is 12.2. The molecule has 1 unspecified atom stereocenters. The summed E-state index contributed by atoms with van der Waals surface area (Å²) in [5.74, 6) is -0.507. The van der Waals surface area contributed by atoms with E-state index in [1.54, 1.807) is 19.1 Å². The maximum atomic E-state index is 12.2. The predicted molar refractivity (Wildman–Crippen MR) is 74.6 cm³/mol. The van der Waals surface area contributed by atoms with Crippen molar-refractivity contribution in [2.75, 3.05) is 0 Å². The second kappa shape index (κ2) is 5.74. The van der Waals surface area contributed by atoms with E-state index in [4.69, 9.17) is 9.52 Å². The van der Waals surface area contributed by atoms with Gasteiger partial charge in [-0.2, -0.15) is 0 Å². The van der Waals surface area contributed by atoms with Crippen LogP contribution in [0.4, 0.5) is 0 Å². The highest BCUT2D eigenvalue weighted by Gasteiger charge is 2.22. The average Bonchev–Trinajstić information content (AvgIpc) is 2.97. The number of hydrogen-bond acceptors (Lipinski definition) is 4. The van der Waals surface area contributed by atoms with Gasteiger partial charge in [-0.3, -0.25) is 0 Å². The third-order valence-electron chi connectivity index (χ3n) is 2.95. The zero-order chi connectivity index (χ0) is 15.6. The van der Waals surface area contributed by atoms with Crippen LogP contribution in [0, 0.1) is 0 Å². The molecule has 2 heterocycles. The summed E-state index contributed by atoms with van der Waals surface area (Å²) in [6.07, 6.45) is 3.20. The number of carbonyl (C=O) groups is 1. The van der Waals surface area contributed by atoms with Crippen LogP contribution in [0.2, 0.25) is 0 Å². The van der Waals surface area contributed by atoms with Gasteiger partial charge in [0, 0.05) is 25.7 Å². The summed E-state index contributed by atoms with van der Waals surface area (Å²) in [7, 11) is -2.29. The molecule has 0 aliphatic carbocycles. The summed E-state index contributed by atoms with van der Waals surface area (Å²) in [6.45, 7) is 1.71. The summed E-state index contributed by atoms with van der Waals surface area (Å²) in [5.41, 5.74) is -0.0888. The monoisotopic (exact) mass is 312 g/mol. The van der Waals surface area contributed by atoms with Gasteiger partial charge in [0.2, 0.25) is 10.0 Å². The van der Waals surface area contributed by atoms with Crippen molar-refractivity contribution < 1.29 is 22.7 Å². The van der Waals surface area contributed by atoms with Crippen LogP contribution < -0.4 is 4.72 Å². The second-order valence-corrected chi connectivity index (χ2v) is 6.50. The number of nitrogens with one attached hydrogen (secondary N) is 1. The third-order valence-corrected chi connectivity index (χ3v) is 4.51. The van der Waals surface area contributed by atoms with Crippen molar-refractivity contribution >= 4 is 16.0 Å². The first kappa shape index (κ1) is 15.3. The first-order chi connectivity index (χ1) is 9.79. The Kier molecular flexibility index (Phi) is 4.19. The van der Waals surface area contributed by atoms with E-state index in [2.05, 4.69) is 4.72 Å². The molecule has 0 aliphatic rings. The van der Waals surface area contributed by atoms with Gasteiger partial charge in [-0.25, -0.2) is 17.9 Å². The Morgan fingerprint density at radius 2 is 2.24 bits per heavy atom. The van der Waals surface area contributed by atoms with E-state index in [0.29, 0.717) is 12.2 Å². The van der Waals surface area contributed by atoms with Gasteiger partial charge in [-0.05, 0) is 25.1 Å². The van der Waals surface area contributed by atoms with E-state index in [9.17, 15) is 13.2 Å². The Morgan fingerprint density at radius 1 is 1.52 bits per heavy atom. The Morgan fingerprint density at radius 3 is 2.76 bits per heavy atom. The zero-order valence-corrected chi connectivity index (χ0v) is 12.4. The number of aryl methyl sites for hydroxylation is 1. The van der Waals surface area contributed by atoms with Gasteiger partial charge in [0.15, 0.2) is 0 Å². The molecule has 1 atom stereocenters. The lowest BCUT2D eigenvalue weighted by atomic mass is 10.2. The van der Waals surface area contributed by atoms with Gasteiger partial charge in [0.25, 0.3) is 0 Å². The molecule has 0 radical (unpaired) electrons. The SMILES string of the molecule is CC(Cc1ccco1)NS(=O)(=O)c1cc(C(=O)O)n(C)c1. The first-order valence-electron chi connectivity index (χ1n) is 6.24. The Labute approximate surface area is 122 Å². The number of rotatable bonds is 6. The standard InChI is InChI=1S/C13H16N2O5S/c1-9(6-10-4-3-5-20-10)14-21(18,19)11-7-12(13(16)17)15(2)8-11/h3-5,7-9,14H,6H2,1-2H3,(H,16,17). The zero-order valence-electron chi connectivity index (χ0n) is 11.6. The molecule has 0 amide bonds. The van der Waals surface area contributed by atoms with Crippen LogP contribution in [0.3, 0.4) is 0 Å². The van der Waals surface area contributed by atoms with Crippen LogP contribution >= 0.6 is 0 Å². The molecule has 21 heavy (non-hydrogen) atoms. The minimum atomic E-state index is -3.77. The van der Waals surface area contributed by atoms with Gasteiger partial charge in [0.05, 0.1) is 6.26 Å². The molecule has 0 aliphatic heterocycles. The molecule has 114 valence electrons. The van der Waals surface area contributed by atoms with Crippen LogP contribution in [-0.4, -0.2) is 30.1 Å². The molecule has 0 saturated carbocycles. The summed E-state index contributed by atoms with van der Waals surface area (Å²) in [6, 6.07) is 4.24. The molecule has 0 aromatic carbocycles. The first-order valence-corrected chi connectivity index (χ1v) is 7.72. The van der Waals surface area contributed by atoms with E-state index in [-0.39, 0.29) is 16.6 Å². The molecule has 2 N–H and O–H groups in total. The fraction of sp³-hybridized carbons (Fsp3) is 0.308. The van der Waals surface area contributed by atoms with E-state index < -0.39 is 16.0 Å². The third kappa shape index (κ3) is 3.53. The molecule has 0 fully saturated rings. The highest BCUT2D eigenvalue weighted by molar-refractivity contribution is 7.89. The molecular weight excluding hydrogens is 296 g/mol. The summed E-state index contributed by atoms with van der Waals surface area (Å²) < 4.78 is 33.3. The number of aromatic nitrogens is 1. The van der Waals surface area contributed by atoms with Gasteiger partial charge >= 0.3 is 5.97 Å². The van der Waals surface area contributed by atoms with Crippen molar-refractivity contribution in [2.24, 2.45) is 7.05 Å². The van der Waals surface area contributed by atoms with E-state index in [1.807, 2.05) is 0 Å². The number of hydrogen-bond donors (Lipinski definition) is 2. The number of aromatic carboxylic acids is 1. The lowest BCUT2D eigenvalue weighted by molar-refractivity contribution is 0.0686. The largest absolute Gasteiger partial charge is 0.477 e. The van der Waals surface area contributed by atoms with Gasteiger partial charge in [0.1, 0.15) is 16.3 Å². The van der Waals surface area contributed by atoms with Gasteiger partial charge < -0.3 is 14.1 Å². The Hall–Kier alpha value is -2.06. The molecule has 2 rings (SSSR count). The predicted octanol–water partition coefficient (Wildman–Crippen LogP) is 1.23. The number of nitrogens with zero attached hydrogens (tertiary/aromatic N) is 1. The van der Waals surface area contributed by atoms with Gasteiger partial charge in [-0.1, -0.05) is 0 Å². The van der Waals surface area contributed by atoms with Crippen LogP contribution in [0.1, 0.15) is 23.2 Å². The topological polar surface area (TPSA) is 102 Å². The highest BCUT2D eigenvalue weighted by atomic mass is 32.2. The van der Waals surface area contributed by atoms with Crippen LogP contribution in [0.5, 0.6) is 0 Å². The van der Waals surface area contributed by atoms with Crippen LogP contribution in [-0.2, 0) is 23.5 Å². The lowest BCUT2D eigenvalue weighted by Gasteiger charge is -2.11. The van der Waals surface area contributed by atoms with Crippen LogP contribution in [0.25, 0.3) is 0 Å². The molecule has 0 saturated heterocycles. The quantitative estimate of drug-likeness (QED) is 0.835. The Balaban J connectivity index is 2.14. The van der Waals surface area contributed by atoms with Gasteiger partial charge in [-0.15, -0.1) is 0 Å². The summed E-state index contributed by atoms with van der Waals surface area (Å²) in [5, 5.41) is 8.95. The number of carboxylic acids is 1. The number of carboxylic acid groups (broad SMARTS) is 1. The molecular formula is C13H16N2O5S. The normalized spacial score (nSPS) is 13.2.